The number of ether oxygens (including phenoxy) is 2. The predicted molar refractivity (Wildman–Crippen MR) is 110 cm³/mol. The number of hydrogen-bond donors (Lipinski definition) is 1. The number of benzene rings is 2. The van der Waals surface area contributed by atoms with Gasteiger partial charge in [0.15, 0.2) is 11.5 Å². The van der Waals surface area contributed by atoms with Crippen LogP contribution in [0.1, 0.15) is 6.92 Å². The van der Waals surface area contributed by atoms with Crippen molar-refractivity contribution in [2.45, 2.75) is 6.92 Å². The molecule has 0 fully saturated rings. The van der Waals surface area contributed by atoms with Gasteiger partial charge in [-0.15, -0.1) is 16.4 Å². The van der Waals surface area contributed by atoms with Crippen LogP contribution in [-0.4, -0.2) is 33.7 Å². The minimum absolute atomic E-state index is 0.435. The van der Waals surface area contributed by atoms with Gasteiger partial charge in [0.05, 0.1) is 25.1 Å². The number of methoxy groups -OCH3 is 1. The molecular weight excluding hydrogens is 374 g/mol. The van der Waals surface area contributed by atoms with Crippen LogP contribution in [0.25, 0.3) is 27.6 Å². The first-order chi connectivity index (χ1) is 13.7. The van der Waals surface area contributed by atoms with E-state index in [1.807, 2.05) is 60.8 Å². The first-order valence-electron chi connectivity index (χ1n) is 8.75. The Morgan fingerprint density at radius 2 is 1.89 bits per heavy atom. The van der Waals surface area contributed by atoms with Crippen LogP contribution in [0, 0.1) is 0 Å². The molecule has 2 N–H and O–H groups in total. The Morgan fingerprint density at radius 1 is 1.11 bits per heavy atom. The van der Waals surface area contributed by atoms with E-state index in [0.29, 0.717) is 23.1 Å². The van der Waals surface area contributed by atoms with Gasteiger partial charge in [0, 0.05) is 10.9 Å². The highest BCUT2D eigenvalue weighted by molar-refractivity contribution is 7.13. The van der Waals surface area contributed by atoms with Crippen molar-refractivity contribution in [3.8, 4) is 39.1 Å². The van der Waals surface area contributed by atoms with Gasteiger partial charge in [0.2, 0.25) is 0 Å². The first-order valence-corrected chi connectivity index (χ1v) is 9.63. The highest BCUT2D eigenvalue weighted by Crippen LogP contribution is 2.35. The summed E-state index contributed by atoms with van der Waals surface area (Å²) in [6.07, 6.45) is 0. The summed E-state index contributed by atoms with van der Waals surface area (Å²) in [4.78, 5) is 4.69. The number of hydrogen-bond acceptors (Lipinski definition) is 7. The molecule has 2 aromatic carbocycles. The lowest BCUT2D eigenvalue weighted by molar-refractivity contribution is 0.340. The Morgan fingerprint density at radius 3 is 2.64 bits per heavy atom. The zero-order chi connectivity index (χ0) is 19.5. The molecule has 8 heteroatoms. The smallest absolute Gasteiger partial charge is 0.165 e. The lowest BCUT2D eigenvalue weighted by atomic mass is 10.1. The highest BCUT2D eigenvalue weighted by atomic mass is 32.1. The van der Waals surface area contributed by atoms with Crippen LogP contribution in [0.4, 0.5) is 5.82 Å². The van der Waals surface area contributed by atoms with Gasteiger partial charge in [-0.25, -0.2) is 4.98 Å². The second kappa shape index (κ2) is 7.69. The van der Waals surface area contributed by atoms with Crippen LogP contribution in [0.3, 0.4) is 0 Å². The average molecular weight is 393 g/mol. The Kier molecular flexibility index (Phi) is 4.94. The molecule has 7 nitrogen and oxygen atoms in total. The number of aromatic nitrogens is 4. The molecule has 4 aromatic rings. The van der Waals surface area contributed by atoms with Crippen molar-refractivity contribution in [2.75, 3.05) is 19.5 Å². The zero-order valence-corrected chi connectivity index (χ0v) is 16.3. The molecule has 4 rings (SSSR count). The van der Waals surface area contributed by atoms with E-state index in [4.69, 9.17) is 15.2 Å². The highest BCUT2D eigenvalue weighted by Gasteiger charge is 2.18. The Labute approximate surface area is 166 Å². The molecule has 0 saturated heterocycles. The SMILES string of the molecule is CCOc1ccc(-n2nnc(-c3nc(-c4ccccc4OC)cs3)c2N)cc1. The Hall–Kier alpha value is -3.39. The van der Waals surface area contributed by atoms with Gasteiger partial charge in [-0.1, -0.05) is 17.3 Å². The third-order valence-corrected chi connectivity index (χ3v) is 5.04. The molecule has 0 atom stereocenters. The summed E-state index contributed by atoms with van der Waals surface area (Å²) in [6, 6.07) is 15.3. The number of anilines is 1. The van der Waals surface area contributed by atoms with Crippen LogP contribution < -0.4 is 15.2 Å². The number of nitrogens with zero attached hydrogens (tertiary/aromatic N) is 4. The molecule has 0 aliphatic carbocycles. The topological polar surface area (TPSA) is 88.1 Å². The normalized spacial score (nSPS) is 10.8. The molecule has 0 bridgehead atoms. The zero-order valence-electron chi connectivity index (χ0n) is 15.5. The number of thiazole rings is 1. The van der Waals surface area contributed by atoms with Crippen molar-refractivity contribution in [2.24, 2.45) is 0 Å². The second-order valence-electron chi connectivity index (χ2n) is 5.90. The molecule has 2 aromatic heterocycles. The number of nitrogen functional groups attached to an aromatic ring is 1. The summed E-state index contributed by atoms with van der Waals surface area (Å²) < 4.78 is 12.5. The maximum atomic E-state index is 6.32. The van der Waals surface area contributed by atoms with Crippen LogP contribution in [-0.2, 0) is 0 Å². The van der Waals surface area contributed by atoms with Gasteiger partial charge in [-0.05, 0) is 43.3 Å². The fourth-order valence-electron chi connectivity index (χ4n) is 2.84. The van der Waals surface area contributed by atoms with Crippen molar-refractivity contribution in [1.29, 1.82) is 0 Å². The number of para-hydroxylation sites is 1. The molecular formula is C20H19N5O2S. The van der Waals surface area contributed by atoms with Gasteiger partial charge in [0.25, 0.3) is 0 Å². The first kappa shape index (κ1) is 18.0. The molecule has 0 saturated carbocycles. The van der Waals surface area contributed by atoms with E-state index < -0.39 is 0 Å². The van der Waals surface area contributed by atoms with Gasteiger partial charge in [-0.3, -0.25) is 0 Å². The number of rotatable bonds is 6. The standard InChI is InChI=1S/C20H19N5O2S/c1-3-27-14-10-8-13(9-11-14)25-19(21)18(23-24-25)20-22-16(12-28-20)15-6-4-5-7-17(15)26-2/h4-12H,3,21H2,1-2H3. The monoisotopic (exact) mass is 393 g/mol. The van der Waals surface area contributed by atoms with E-state index in [9.17, 15) is 0 Å². The van der Waals surface area contributed by atoms with E-state index in [0.717, 1.165) is 28.4 Å². The summed E-state index contributed by atoms with van der Waals surface area (Å²) >= 11 is 1.47. The largest absolute Gasteiger partial charge is 0.496 e. The molecule has 0 aliphatic heterocycles. The van der Waals surface area contributed by atoms with Crippen molar-refractivity contribution in [3.63, 3.8) is 0 Å². The van der Waals surface area contributed by atoms with Crippen molar-refractivity contribution in [3.05, 3.63) is 53.9 Å². The third-order valence-electron chi connectivity index (χ3n) is 4.19. The van der Waals surface area contributed by atoms with E-state index in [-0.39, 0.29) is 0 Å². The fourth-order valence-corrected chi connectivity index (χ4v) is 3.66. The quantitative estimate of drug-likeness (QED) is 0.532. The maximum absolute atomic E-state index is 6.32. The fraction of sp³-hybridized carbons (Fsp3) is 0.150. The molecule has 2 heterocycles. The van der Waals surface area contributed by atoms with Crippen molar-refractivity contribution >= 4 is 17.2 Å². The van der Waals surface area contributed by atoms with Gasteiger partial charge in [0.1, 0.15) is 16.5 Å². The van der Waals surface area contributed by atoms with Gasteiger partial charge >= 0.3 is 0 Å². The van der Waals surface area contributed by atoms with Crippen LogP contribution >= 0.6 is 11.3 Å². The number of nitrogens with two attached hydrogens (primary N) is 1. The van der Waals surface area contributed by atoms with Gasteiger partial charge < -0.3 is 15.2 Å². The summed E-state index contributed by atoms with van der Waals surface area (Å²) in [5, 5.41) is 11.1. The van der Waals surface area contributed by atoms with E-state index in [2.05, 4.69) is 15.3 Å². The minimum Gasteiger partial charge on any atom is -0.496 e. The van der Waals surface area contributed by atoms with Crippen molar-refractivity contribution < 1.29 is 9.47 Å². The van der Waals surface area contributed by atoms with Crippen LogP contribution in [0.5, 0.6) is 11.5 Å². The molecule has 0 radical (unpaired) electrons. The molecule has 142 valence electrons. The maximum Gasteiger partial charge on any atom is 0.165 e. The summed E-state index contributed by atoms with van der Waals surface area (Å²) in [6.45, 7) is 2.57. The second-order valence-corrected chi connectivity index (χ2v) is 6.76. The molecule has 0 amide bonds. The van der Waals surface area contributed by atoms with Crippen molar-refractivity contribution in [1.82, 2.24) is 20.0 Å². The summed E-state index contributed by atoms with van der Waals surface area (Å²) in [7, 11) is 1.65. The lowest BCUT2D eigenvalue weighted by Gasteiger charge is -2.06. The Balaban J connectivity index is 1.66. The lowest BCUT2D eigenvalue weighted by Crippen LogP contribution is -2.02. The molecule has 0 unspecified atom stereocenters. The Bertz CT molecular complexity index is 1090. The van der Waals surface area contributed by atoms with Gasteiger partial charge in [-0.2, -0.15) is 4.68 Å². The van der Waals surface area contributed by atoms with E-state index >= 15 is 0 Å². The summed E-state index contributed by atoms with van der Waals surface area (Å²) in [5.74, 6) is 2.00. The summed E-state index contributed by atoms with van der Waals surface area (Å²) in [5.41, 5.74) is 9.41. The van der Waals surface area contributed by atoms with E-state index in [1.165, 1.54) is 11.3 Å². The molecule has 0 spiro atoms. The molecule has 28 heavy (non-hydrogen) atoms. The van der Waals surface area contributed by atoms with Crippen LogP contribution in [0.15, 0.2) is 53.9 Å². The molecule has 0 aliphatic rings. The average Bonchev–Trinajstić information content (AvgIpc) is 3.35. The third kappa shape index (κ3) is 3.29. The predicted octanol–water partition coefficient (Wildman–Crippen LogP) is 4.05. The van der Waals surface area contributed by atoms with Crippen LogP contribution in [0.2, 0.25) is 0 Å². The van der Waals surface area contributed by atoms with E-state index in [1.54, 1.807) is 11.8 Å². The minimum atomic E-state index is 0.435.